The van der Waals surface area contributed by atoms with Gasteiger partial charge in [-0.25, -0.2) is 0 Å². The highest BCUT2D eigenvalue weighted by Crippen LogP contribution is 2.33. The normalized spacial score (nSPS) is 12.0. The molecule has 0 spiro atoms. The second kappa shape index (κ2) is 6.20. The Kier molecular flexibility index (Phi) is 4.91. The van der Waals surface area contributed by atoms with E-state index in [1.54, 1.807) is 19.2 Å². The molecule has 1 aromatic rings. The van der Waals surface area contributed by atoms with Crippen molar-refractivity contribution in [2.45, 2.75) is 13.0 Å². The molecule has 0 fully saturated rings. The van der Waals surface area contributed by atoms with E-state index in [1.165, 1.54) is 14.2 Å². The van der Waals surface area contributed by atoms with Gasteiger partial charge in [0.2, 0.25) is 6.54 Å². The quantitative estimate of drug-likeness (QED) is 0.574. The van der Waals surface area contributed by atoms with Gasteiger partial charge in [0.25, 0.3) is 0 Å². The van der Waals surface area contributed by atoms with Crippen LogP contribution in [0, 0.1) is 17.0 Å². The number of benzene rings is 1. The summed E-state index contributed by atoms with van der Waals surface area (Å²) >= 11 is 0. The van der Waals surface area contributed by atoms with Gasteiger partial charge in [-0.05, 0) is 24.6 Å². The minimum atomic E-state index is -0.663. The van der Waals surface area contributed by atoms with Crippen LogP contribution >= 0.6 is 0 Å². The summed E-state index contributed by atoms with van der Waals surface area (Å²) in [6, 6.07) is 3.49. The minimum Gasteiger partial charge on any atom is -0.496 e. The van der Waals surface area contributed by atoms with Gasteiger partial charge >= 0.3 is 0 Å². The largest absolute Gasteiger partial charge is 0.496 e. The molecule has 1 atom stereocenters. The molecule has 0 N–H and O–H groups in total. The smallest absolute Gasteiger partial charge is 0.233 e. The molecule has 0 heterocycles. The first-order chi connectivity index (χ1) is 8.53. The number of aryl methyl sites for hydroxylation is 1. The molecular weight excluding hydrogens is 238 g/mol. The molecule has 0 saturated carbocycles. The van der Waals surface area contributed by atoms with Crippen LogP contribution < -0.4 is 9.47 Å². The van der Waals surface area contributed by atoms with Crippen LogP contribution in [0.15, 0.2) is 12.1 Å². The Labute approximate surface area is 106 Å². The number of hydrogen-bond acceptors (Lipinski definition) is 5. The van der Waals surface area contributed by atoms with Crippen LogP contribution in [0.2, 0.25) is 0 Å². The maximum Gasteiger partial charge on any atom is 0.233 e. The van der Waals surface area contributed by atoms with Crippen molar-refractivity contribution >= 4 is 0 Å². The van der Waals surface area contributed by atoms with Crippen LogP contribution in [0.5, 0.6) is 11.5 Å². The number of nitrogens with zero attached hydrogens (tertiary/aromatic N) is 1. The molecule has 0 aliphatic heterocycles. The number of methoxy groups -OCH3 is 3. The molecular formula is C12H17NO5. The summed E-state index contributed by atoms with van der Waals surface area (Å²) in [6.07, 6.45) is -0.663. The first-order valence-corrected chi connectivity index (χ1v) is 5.40. The van der Waals surface area contributed by atoms with E-state index in [1.807, 2.05) is 6.92 Å². The summed E-state index contributed by atoms with van der Waals surface area (Å²) in [6.45, 7) is 1.56. The third kappa shape index (κ3) is 3.10. The number of rotatable bonds is 6. The van der Waals surface area contributed by atoms with Crippen molar-refractivity contribution in [3.05, 3.63) is 33.4 Å². The van der Waals surface area contributed by atoms with Gasteiger partial charge in [-0.1, -0.05) is 0 Å². The number of nitro groups is 1. The summed E-state index contributed by atoms with van der Waals surface area (Å²) in [4.78, 5) is 10.2. The summed E-state index contributed by atoms with van der Waals surface area (Å²) in [5.41, 5.74) is 1.51. The topological polar surface area (TPSA) is 70.8 Å². The third-order valence-electron chi connectivity index (χ3n) is 2.69. The third-order valence-corrected chi connectivity index (χ3v) is 2.69. The lowest BCUT2D eigenvalue weighted by Gasteiger charge is -2.17. The fourth-order valence-corrected chi connectivity index (χ4v) is 1.76. The van der Waals surface area contributed by atoms with Gasteiger partial charge in [0.15, 0.2) is 6.10 Å². The fourth-order valence-electron chi connectivity index (χ4n) is 1.76. The van der Waals surface area contributed by atoms with Crippen molar-refractivity contribution in [3.8, 4) is 11.5 Å². The van der Waals surface area contributed by atoms with E-state index in [9.17, 15) is 10.1 Å². The van der Waals surface area contributed by atoms with Crippen molar-refractivity contribution in [1.29, 1.82) is 0 Å². The Morgan fingerprint density at radius 2 is 1.83 bits per heavy atom. The van der Waals surface area contributed by atoms with Crippen LogP contribution in [0.1, 0.15) is 17.2 Å². The first-order valence-electron chi connectivity index (χ1n) is 5.40. The molecule has 0 aliphatic rings. The average Bonchev–Trinajstić information content (AvgIpc) is 2.35. The summed E-state index contributed by atoms with van der Waals surface area (Å²) in [5.74, 6) is 1.21. The highest BCUT2D eigenvalue weighted by Gasteiger charge is 2.22. The average molecular weight is 255 g/mol. The van der Waals surface area contributed by atoms with E-state index < -0.39 is 11.0 Å². The Morgan fingerprint density at radius 3 is 2.28 bits per heavy atom. The summed E-state index contributed by atoms with van der Waals surface area (Å²) < 4.78 is 15.6. The van der Waals surface area contributed by atoms with Crippen molar-refractivity contribution in [1.82, 2.24) is 0 Å². The highest BCUT2D eigenvalue weighted by molar-refractivity contribution is 5.47. The molecule has 0 amide bonds. The van der Waals surface area contributed by atoms with Crippen LogP contribution in [0.25, 0.3) is 0 Å². The first kappa shape index (κ1) is 14.2. The van der Waals surface area contributed by atoms with Crippen molar-refractivity contribution in [2.75, 3.05) is 27.9 Å². The second-order valence-electron chi connectivity index (χ2n) is 3.80. The molecule has 1 aromatic carbocycles. The molecule has 0 saturated heterocycles. The maximum absolute atomic E-state index is 10.6. The lowest BCUT2D eigenvalue weighted by Crippen LogP contribution is -2.15. The molecule has 0 radical (unpaired) electrons. The fraction of sp³-hybridized carbons (Fsp3) is 0.500. The molecule has 100 valence electrons. The van der Waals surface area contributed by atoms with Crippen LogP contribution in [-0.2, 0) is 4.74 Å². The van der Waals surface area contributed by atoms with Crippen molar-refractivity contribution in [3.63, 3.8) is 0 Å². The molecule has 1 unspecified atom stereocenters. The zero-order chi connectivity index (χ0) is 13.7. The predicted octanol–water partition coefficient (Wildman–Crippen LogP) is 1.98. The SMILES string of the molecule is COc1cc(C(C[N+](=O)[O-])OC)c(OC)cc1C. The van der Waals surface area contributed by atoms with Gasteiger partial charge in [0.05, 0.1) is 14.2 Å². The monoisotopic (exact) mass is 255 g/mol. The van der Waals surface area contributed by atoms with Gasteiger partial charge in [0, 0.05) is 17.6 Å². The van der Waals surface area contributed by atoms with E-state index >= 15 is 0 Å². The van der Waals surface area contributed by atoms with Gasteiger partial charge < -0.3 is 14.2 Å². The minimum absolute atomic E-state index is 0.320. The molecule has 0 aliphatic carbocycles. The zero-order valence-electron chi connectivity index (χ0n) is 10.9. The molecule has 6 nitrogen and oxygen atoms in total. The van der Waals surface area contributed by atoms with Crippen LogP contribution in [0.3, 0.4) is 0 Å². The molecule has 1 rings (SSSR count). The van der Waals surface area contributed by atoms with E-state index in [2.05, 4.69) is 0 Å². The van der Waals surface area contributed by atoms with Crippen molar-refractivity contribution < 1.29 is 19.1 Å². The van der Waals surface area contributed by atoms with Gasteiger partial charge in [-0.15, -0.1) is 0 Å². The Bertz CT molecular complexity index is 433. The maximum atomic E-state index is 10.6. The lowest BCUT2D eigenvalue weighted by atomic mass is 10.0. The zero-order valence-corrected chi connectivity index (χ0v) is 10.9. The molecule has 0 bridgehead atoms. The summed E-state index contributed by atoms with van der Waals surface area (Å²) in [7, 11) is 4.50. The molecule has 0 aromatic heterocycles. The van der Waals surface area contributed by atoms with Gasteiger partial charge in [0.1, 0.15) is 11.5 Å². The van der Waals surface area contributed by atoms with E-state index in [4.69, 9.17) is 14.2 Å². The highest BCUT2D eigenvalue weighted by atomic mass is 16.6. The van der Waals surface area contributed by atoms with E-state index in [-0.39, 0.29) is 6.54 Å². The Balaban J connectivity index is 3.22. The predicted molar refractivity (Wildman–Crippen MR) is 65.9 cm³/mol. The van der Waals surface area contributed by atoms with E-state index in [0.717, 1.165) is 5.56 Å². The van der Waals surface area contributed by atoms with Gasteiger partial charge in [-0.2, -0.15) is 0 Å². The van der Waals surface area contributed by atoms with Gasteiger partial charge in [-0.3, -0.25) is 10.1 Å². The van der Waals surface area contributed by atoms with Crippen molar-refractivity contribution in [2.24, 2.45) is 0 Å². The molecule has 18 heavy (non-hydrogen) atoms. The molecule has 6 heteroatoms. The Hall–Kier alpha value is -1.82. The summed E-state index contributed by atoms with van der Waals surface area (Å²) in [5, 5.41) is 10.6. The van der Waals surface area contributed by atoms with Crippen LogP contribution in [-0.4, -0.2) is 32.8 Å². The second-order valence-corrected chi connectivity index (χ2v) is 3.80. The number of ether oxygens (including phenoxy) is 3. The standard InChI is InChI=1S/C12H17NO5/c1-8-5-11(17-3)9(6-10(8)16-2)12(18-4)7-13(14)15/h5-6,12H,7H2,1-4H3. The lowest BCUT2D eigenvalue weighted by molar-refractivity contribution is -0.492. The van der Waals surface area contributed by atoms with E-state index in [0.29, 0.717) is 17.1 Å². The van der Waals surface area contributed by atoms with Crippen LogP contribution in [0.4, 0.5) is 0 Å². The Morgan fingerprint density at radius 1 is 1.22 bits per heavy atom. The number of hydrogen-bond donors (Lipinski definition) is 0.